The molecular weight excluding hydrogens is 452 g/mol. The molecule has 1 aliphatic carbocycles. The summed E-state index contributed by atoms with van der Waals surface area (Å²) < 4.78 is 0. The lowest BCUT2D eigenvalue weighted by atomic mass is 9.86. The number of hydrogen-bond donors (Lipinski definition) is 4. The van der Waals surface area contributed by atoms with Gasteiger partial charge in [0.05, 0.1) is 12.5 Å². The van der Waals surface area contributed by atoms with E-state index in [4.69, 9.17) is 0 Å². The third-order valence-electron chi connectivity index (χ3n) is 7.08. The van der Waals surface area contributed by atoms with Crippen LogP contribution < -0.4 is 10.6 Å². The number of rotatable bonds is 8. The lowest BCUT2D eigenvalue weighted by Crippen LogP contribution is -2.59. The highest BCUT2D eigenvalue weighted by atomic mass is 16.5. The maximum absolute atomic E-state index is 13.0. The zero-order valence-electron chi connectivity index (χ0n) is 20.4. The zero-order chi connectivity index (χ0) is 25.6. The predicted octanol–water partition coefficient (Wildman–Crippen LogP) is 2.26. The summed E-state index contributed by atoms with van der Waals surface area (Å²) in [5.74, 6) is -2.74. The van der Waals surface area contributed by atoms with Crippen LogP contribution in [0.4, 0.5) is 5.69 Å². The fraction of sp³-hybridized carbons (Fsp3) is 0.600. The molecule has 10 heteroatoms. The average Bonchev–Trinajstić information content (AvgIpc) is 3.32. The minimum atomic E-state index is -1.000. The summed E-state index contributed by atoms with van der Waals surface area (Å²) in [6.07, 6.45) is 5.93. The van der Waals surface area contributed by atoms with Gasteiger partial charge >= 0.3 is 11.8 Å². The first-order valence-corrected chi connectivity index (χ1v) is 12.2. The molecule has 1 saturated heterocycles. The van der Waals surface area contributed by atoms with E-state index in [-0.39, 0.29) is 30.7 Å². The van der Waals surface area contributed by atoms with Gasteiger partial charge in [-0.15, -0.1) is 0 Å². The lowest BCUT2D eigenvalue weighted by Gasteiger charge is -2.45. The summed E-state index contributed by atoms with van der Waals surface area (Å²) in [4.78, 5) is 50.9. The number of piperidine rings is 1. The molecule has 1 heterocycles. The van der Waals surface area contributed by atoms with Gasteiger partial charge in [-0.1, -0.05) is 25.7 Å². The van der Waals surface area contributed by atoms with Crippen LogP contribution >= 0.6 is 0 Å². The van der Waals surface area contributed by atoms with Gasteiger partial charge in [0, 0.05) is 23.8 Å². The number of nitrogens with zero attached hydrogens (tertiary/aromatic N) is 2. The van der Waals surface area contributed by atoms with Crippen LogP contribution in [0.5, 0.6) is 5.75 Å². The van der Waals surface area contributed by atoms with E-state index in [0.717, 1.165) is 31.4 Å². The van der Waals surface area contributed by atoms with Crippen LogP contribution in [0.25, 0.3) is 0 Å². The zero-order valence-corrected chi connectivity index (χ0v) is 20.4. The molecule has 2 atom stereocenters. The molecule has 0 unspecified atom stereocenters. The number of anilines is 1. The van der Waals surface area contributed by atoms with Gasteiger partial charge in [-0.05, 0) is 63.3 Å². The van der Waals surface area contributed by atoms with Gasteiger partial charge in [0.15, 0.2) is 0 Å². The number of benzene rings is 1. The number of nitrogens with one attached hydrogen (secondary N) is 2. The van der Waals surface area contributed by atoms with Gasteiger partial charge in [-0.25, -0.2) is 5.06 Å². The summed E-state index contributed by atoms with van der Waals surface area (Å²) in [6.45, 7) is 3.86. The molecule has 1 aliphatic heterocycles. The van der Waals surface area contributed by atoms with Crippen LogP contribution in [-0.2, 0) is 19.2 Å². The summed E-state index contributed by atoms with van der Waals surface area (Å²) >= 11 is 0. The first kappa shape index (κ1) is 26.5. The Morgan fingerprint density at radius 2 is 1.83 bits per heavy atom. The van der Waals surface area contributed by atoms with E-state index in [9.17, 15) is 29.5 Å². The third-order valence-corrected chi connectivity index (χ3v) is 7.08. The normalized spacial score (nSPS) is 20.7. The Bertz CT molecular complexity index is 913. The van der Waals surface area contributed by atoms with E-state index < -0.39 is 29.2 Å². The van der Waals surface area contributed by atoms with Gasteiger partial charge in [0.2, 0.25) is 12.3 Å². The SMILES string of the molecule is CC1(C)C[C@@H](Nc2ccc(O)cc2)CCN1C(=O)C(=O)NC(=O)[C@H](CC1CCCC1)CN(O)C=O. The minimum Gasteiger partial charge on any atom is -0.508 e. The smallest absolute Gasteiger partial charge is 0.316 e. The topological polar surface area (TPSA) is 139 Å². The fourth-order valence-electron chi connectivity index (χ4n) is 5.27. The van der Waals surface area contributed by atoms with Crippen molar-refractivity contribution in [2.45, 2.75) is 70.4 Å². The molecule has 35 heavy (non-hydrogen) atoms. The Kier molecular flexibility index (Phi) is 8.71. The van der Waals surface area contributed by atoms with Crippen molar-refractivity contribution in [1.82, 2.24) is 15.3 Å². The van der Waals surface area contributed by atoms with E-state index in [1.54, 1.807) is 24.3 Å². The van der Waals surface area contributed by atoms with Crippen molar-refractivity contribution >= 4 is 29.8 Å². The second-order valence-electron chi connectivity index (χ2n) is 10.3. The molecule has 4 N–H and O–H groups in total. The molecule has 4 amide bonds. The van der Waals surface area contributed by atoms with E-state index in [0.29, 0.717) is 30.9 Å². The average molecular weight is 489 g/mol. The highest BCUT2D eigenvalue weighted by Crippen LogP contribution is 2.31. The van der Waals surface area contributed by atoms with Crippen LogP contribution in [0.3, 0.4) is 0 Å². The summed E-state index contributed by atoms with van der Waals surface area (Å²) in [7, 11) is 0. The van der Waals surface area contributed by atoms with E-state index in [1.807, 2.05) is 13.8 Å². The minimum absolute atomic E-state index is 0.0676. The van der Waals surface area contributed by atoms with Crippen LogP contribution in [0.1, 0.15) is 58.8 Å². The third kappa shape index (κ3) is 7.17. The highest BCUT2D eigenvalue weighted by molar-refractivity contribution is 6.37. The second kappa shape index (κ2) is 11.5. The number of likely N-dealkylation sites (tertiary alicyclic amines) is 1. The van der Waals surface area contributed by atoms with Crippen molar-refractivity contribution in [3.8, 4) is 5.75 Å². The first-order valence-electron chi connectivity index (χ1n) is 12.2. The van der Waals surface area contributed by atoms with Crippen molar-refractivity contribution in [3.63, 3.8) is 0 Å². The lowest BCUT2D eigenvalue weighted by molar-refractivity contribution is -0.157. The van der Waals surface area contributed by atoms with Crippen molar-refractivity contribution in [2.75, 3.05) is 18.4 Å². The maximum atomic E-state index is 13.0. The van der Waals surface area contributed by atoms with E-state index in [2.05, 4.69) is 10.6 Å². The Labute approximate surface area is 205 Å². The van der Waals surface area contributed by atoms with Crippen LogP contribution in [0, 0.1) is 11.8 Å². The summed E-state index contributed by atoms with van der Waals surface area (Å²) in [5, 5.41) is 25.1. The van der Waals surface area contributed by atoms with Gasteiger partial charge in [0.1, 0.15) is 5.75 Å². The molecule has 1 aromatic carbocycles. The van der Waals surface area contributed by atoms with Gasteiger partial charge in [-0.3, -0.25) is 29.7 Å². The van der Waals surface area contributed by atoms with E-state index >= 15 is 0 Å². The molecule has 0 radical (unpaired) electrons. The van der Waals surface area contributed by atoms with Gasteiger partial charge in [0.25, 0.3) is 0 Å². The molecule has 0 aromatic heterocycles. The number of hydroxylamine groups is 2. The first-order chi connectivity index (χ1) is 16.6. The number of carbonyl (C=O) groups is 4. The summed E-state index contributed by atoms with van der Waals surface area (Å²) in [6, 6.07) is 6.81. The molecule has 10 nitrogen and oxygen atoms in total. The predicted molar refractivity (Wildman–Crippen MR) is 128 cm³/mol. The Morgan fingerprint density at radius 3 is 2.43 bits per heavy atom. The van der Waals surface area contributed by atoms with Crippen LogP contribution in [0.15, 0.2) is 24.3 Å². The molecular formula is C25H36N4O6. The molecule has 3 rings (SSSR count). The number of aromatic hydroxyl groups is 1. The number of hydrogen-bond acceptors (Lipinski definition) is 7. The van der Waals surface area contributed by atoms with Gasteiger partial charge in [-0.2, -0.15) is 0 Å². The standard InChI is InChI=1S/C25H36N4O6/c1-25(2)14-20(26-19-7-9-21(31)10-8-19)11-12-29(25)24(34)23(33)27-22(32)18(15-28(35)16-30)13-17-5-3-4-6-17/h7-10,16-18,20,26,31,35H,3-6,11-15H2,1-2H3,(H,27,32,33)/t18-,20+/m1/s1. The van der Waals surface area contributed by atoms with E-state index in [1.165, 1.54) is 4.90 Å². The second-order valence-corrected chi connectivity index (χ2v) is 10.3. The number of phenols is 1. The van der Waals surface area contributed by atoms with Crippen LogP contribution in [-0.4, -0.2) is 69.1 Å². The monoisotopic (exact) mass is 488 g/mol. The van der Waals surface area contributed by atoms with Crippen molar-refractivity contribution in [1.29, 1.82) is 0 Å². The van der Waals surface area contributed by atoms with Crippen LogP contribution in [0.2, 0.25) is 0 Å². The van der Waals surface area contributed by atoms with Gasteiger partial charge < -0.3 is 15.3 Å². The molecule has 0 spiro atoms. The number of amides is 4. The Hall–Kier alpha value is -3.14. The molecule has 2 aliphatic rings. The number of imide groups is 1. The summed E-state index contributed by atoms with van der Waals surface area (Å²) in [5.41, 5.74) is 0.223. The molecule has 1 saturated carbocycles. The Balaban J connectivity index is 1.58. The maximum Gasteiger partial charge on any atom is 0.316 e. The molecule has 1 aromatic rings. The molecule has 0 bridgehead atoms. The quantitative estimate of drug-likeness (QED) is 0.145. The van der Waals surface area contributed by atoms with Crippen molar-refractivity contribution in [3.05, 3.63) is 24.3 Å². The van der Waals surface area contributed by atoms with Crippen molar-refractivity contribution < 1.29 is 29.5 Å². The molecule has 192 valence electrons. The number of carbonyl (C=O) groups excluding carboxylic acids is 4. The largest absolute Gasteiger partial charge is 0.508 e. The molecule has 2 fully saturated rings. The van der Waals surface area contributed by atoms with Crippen molar-refractivity contribution in [2.24, 2.45) is 11.8 Å². The highest BCUT2D eigenvalue weighted by Gasteiger charge is 2.40. The Morgan fingerprint density at radius 1 is 1.17 bits per heavy atom. The number of phenolic OH excluding ortho intramolecular Hbond substituents is 1. The fourth-order valence-corrected chi connectivity index (χ4v) is 5.27.